The fourth-order valence-corrected chi connectivity index (χ4v) is 3.86. The highest BCUT2D eigenvalue weighted by molar-refractivity contribution is 7.99. The monoisotopic (exact) mass is 391 g/mol. The highest BCUT2D eigenvalue weighted by Gasteiger charge is 2.24. The zero-order valence-corrected chi connectivity index (χ0v) is 14.8. The predicted octanol–water partition coefficient (Wildman–Crippen LogP) is 1.79. The summed E-state index contributed by atoms with van der Waals surface area (Å²) in [6.45, 7) is 1.32. The Bertz CT molecular complexity index is 1020. The van der Waals surface area contributed by atoms with Gasteiger partial charge in [-0.25, -0.2) is 18.3 Å². The summed E-state index contributed by atoms with van der Waals surface area (Å²) >= 11 is 1.79. The SMILES string of the molecule is Nc1nn2cc(F)cnc2c1C(=O)Nc1cncc(F)c1N1CCSCC1. The van der Waals surface area contributed by atoms with Gasteiger partial charge >= 0.3 is 0 Å². The number of fused-ring (bicyclic) bond motifs is 1. The van der Waals surface area contributed by atoms with Crippen LogP contribution in [0.15, 0.2) is 24.8 Å². The maximum absolute atomic E-state index is 14.4. The number of hydrogen-bond donors (Lipinski definition) is 2. The lowest BCUT2D eigenvalue weighted by Gasteiger charge is -2.30. The van der Waals surface area contributed by atoms with Crippen LogP contribution >= 0.6 is 11.8 Å². The molecule has 0 unspecified atom stereocenters. The number of hydrogen-bond acceptors (Lipinski definition) is 7. The van der Waals surface area contributed by atoms with Crippen LogP contribution in [-0.4, -0.2) is 50.1 Å². The third kappa shape index (κ3) is 3.25. The van der Waals surface area contributed by atoms with Crippen molar-refractivity contribution in [2.75, 3.05) is 40.5 Å². The van der Waals surface area contributed by atoms with Gasteiger partial charge in [-0.3, -0.25) is 9.78 Å². The van der Waals surface area contributed by atoms with Gasteiger partial charge in [0.25, 0.3) is 5.91 Å². The van der Waals surface area contributed by atoms with E-state index in [1.165, 1.54) is 6.20 Å². The summed E-state index contributed by atoms with van der Waals surface area (Å²) in [5, 5.41) is 6.54. The molecule has 3 aromatic heterocycles. The fourth-order valence-electron chi connectivity index (χ4n) is 2.96. The summed E-state index contributed by atoms with van der Waals surface area (Å²) in [5.74, 6) is -0.131. The Balaban J connectivity index is 1.70. The first-order chi connectivity index (χ1) is 13.0. The zero-order valence-electron chi connectivity index (χ0n) is 14.0. The van der Waals surface area contributed by atoms with Gasteiger partial charge in [0.2, 0.25) is 0 Å². The second kappa shape index (κ2) is 6.99. The van der Waals surface area contributed by atoms with E-state index >= 15 is 0 Å². The molecule has 0 aromatic carbocycles. The molecule has 4 heterocycles. The van der Waals surface area contributed by atoms with Crippen molar-refractivity contribution in [2.24, 2.45) is 0 Å². The molecule has 1 aliphatic rings. The number of rotatable bonds is 3. The Kier molecular flexibility index (Phi) is 4.52. The van der Waals surface area contributed by atoms with Crippen LogP contribution in [0.2, 0.25) is 0 Å². The molecule has 0 spiro atoms. The Labute approximate surface area is 156 Å². The molecule has 0 radical (unpaired) electrons. The van der Waals surface area contributed by atoms with Gasteiger partial charge in [0.15, 0.2) is 23.1 Å². The number of nitrogens with zero attached hydrogens (tertiary/aromatic N) is 5. The minimum Gasteiger partial charge on any atom is -0.381 e. The zero-order chi connectivity index (χ0) is 19.0. The van der Waals surface area contributed by atoms with Gasteiger partial charge in [0, 0.05) is 24.6 Å². The summed E-state index contributed by atoms with van der Waals surface area (Å²) in [7, 11) is 0. The Morgan fingerprint density at radius 1 is 1.22 bits per heavy atom. The summed E-state index contributed by atoms with van der Waals surface area (Å²) in [6.07, 6.45) is 4.53. The standard InChI is InChI=1S/C16H15F2N7OS/c17-9-5-21-15-12(14(19)23-25(15)8-9)16(26)22-11-7-20-6-10(18)13(11)24-1-3-27-4-2-24/h5-8H,1-4H2,(H2,19,23)(H,22,26). The predicted molar refractivity (Wildman–Crippen MR) is 99.0 cm³/mol. The minimum atomic E-state index is -0.623. The van der Waals surface area contributed by atoms with Crippen molar-refractivity contribution in [1.82, 2.24) is 19.6 Å². The molecule has 4 rings (SSSR count). The molecule has 11 heteroatoms. The molecule has 1 saturated heterocycles. The maximum Gasteiger partial charge on any atom is 0.263 e. The quantitative estimate of drug-likeness (QED) is 0.702. The van der Waals surface area contributed by atoms with Crippen molar-refractivity contribution in [3.05, 3.63) is 42.0 Å². The number of carbonyl (C=O) groups excluding carboxylic acids is 1. The van der Waals surface area contributed by atoms with E-state index in [-0.39, 0.29) is 28.4 Å². The topological polar surface area (TPSA) is 101 Å². The summed E-state index contributed by atoms with van der Waals surface area (Å²) in [5.41, 5.74) is 6.41. The van der Waals surface area contributed by atoms with Gasteiger partial charge < -0.3 is 16.0 Å². The van der Waals surface area contributed by atoms with Gasteiger partial charge in [-0.15, -0.1) is 5.10 Å². The van der Waals surface area contributed by atoms with E-state index in [1.807, 2.05) is 4.90 Å². The lowest BCUT2D eigenvalue weighted by Crippen LogP contribution is -2.34. The molecule has 8 nitrogen and oxygen atoms in total. The van der Waals surface area contributed by atoms with Crippen molar-refractivity contribution in [3.63, 3.8) is 0 Å². The van der Waals surface area contributed by atoms with E-state index in [0.29, 0.717) is 13.1 Å². The van der Waals surface area contributed by atoms with Crippen molar-refractivity contribution in [1.29, 1.82) is 0 Å². The summed E-state index contributed by atoms with van der Waals surface area (Å²) < 4.78 is 28.8. The molecule has 1 fully saturated rings. The molecule has 140 valence electrons. The van der Waals surface area contributed by atoms with Crippen LogP contribution in [0.4, 0.5) is 26.0 Å². The van der Waals surface area contributed by atoms with Crippen molar-refractivity contribution in [2.45, 2.75) is 0 Å². The largest absolute Gasteiger partial charge is 0.381 e. The van der Waals surface area contributed by atoms with E-state index in [2.05, 4.69) is 20.4 Å². The van der Waals surface area contributed by atoms with Gasteiger partial charge in [-0.1, -0.05) is 0 Å². The number of aromatic nitrogens is 4. The molecule has 3 N–H and O–H groups in total. The average molecular weight is 391 g/mol. The molecule has 0 saturated carbocycles. The average Bonchev–Trinajstić information content (AvgIpc) is 2.97. The van der Waals surface area contributed by atoms with Gasteiger partial charge in [0.05, 0.1) is 30.5 Å². The molecular weight excluding hydrogens is 376 g/mol. The number of amides is 1. The van der Waals surface area contributed by atoms with E-state index in [1.54, 1.807) is 11.8 Å². The van der Waals surface area contributed by atoms with Crippen LogP contribution in [0, 0.1) is 11.6 Å². The van der Waals surface area contributed by atoms with Gasteiger partial charge in [-0.05, 0) is 0 Å². The second-order valence-electron chi connectivity index (χ2n) is 5.87. The molecule has 0 aliphatic carbocycles. The smallest absolute Gasteiger partial charge is 0.263 e. The number of thioether (sulfide) groups is 1. The van der Waals surface area contributed by atoms with E-state index in [4.69, 9.17) is 5.73 Å². The maximum atomic E-state index is 14.4. The second-order valence-corrected chi connectivity index (χ2v) is 7.10. The molecule has 0 atom stereocenters. The molecule has 0 bridgehead atoms. The van der Waals surface area contributed by atoms with E-state index in [0.717, 1.165) is 34.6 Å². The summed E-state index contributed by atoms with van der Waals surface area (Å²) in [6, 6.07) is 0. The molecule has 1 amide bonds. The highest BCUT2D eigenvalue weighted by atomic mass is 32.2. The van der Waals surface area contributed by atoms with Crippen LogP contribution in [-0.2, 0) is 0 Å². The van der Waals surface area contributed by atoms with Crippen LogP contribution in [0.3, 0.4) is 0 Å². The first-order valence-corrected chi connectivity index (χ1v) is 9.27. The molecule has 27 heavy (non-hydrogen) atoms. The summed E-state index contributed by atoms with van der Waals surface area (Å²) in [4.78, 5) is 22.4. The van der Waals surface area contributed by atoms with Crippen LogP contribution in [0.25, 0.3) is 5.65 Å². The van der Waals surface area contributed by atoms with Crippen molar-refractivity contribution in [3.8, 4) is 0 Å². The number of pyridine rings is 1. The Morgan fingerprint density at radius 2 is 2.00 bits per heavy atom. The van der Waals surface area contributed by atoms with Crippen LogP contribution in [0.1, 0.15) is 10.4 Å². The molecule has 3 aromatic rings. The third-order valence-corrected chi connectivity index (χ3v) is 5.09. The first kappa shape index (κ1) is 17.5. The molecular formula is C16H15F2N7OS. The van der Waals surface area contributed by atoms with Gasteiger partial charge in [-0.2, -0.15) is 11.8 Å². The fraction of sp³-hybridized carbons (Fsp3) is 0.250. The Hall–Kier alpha value is -2.95. The highest BCUT2D eigenvalue weighted by Crippen LogP contribution is 2.31. The van der Waals surface area contributed by atoms with E-state index < -0.39 is 17.5 Å². The normalized spacial score (nSPS) is 14.5. The van der Waals surface area contributed by atoms with E-state index in [9.17, 15) is 13.6 Å². The minimum absolute atomic E-state index is 0.0144. The van der Waals surface area contributed by atoms with Crippen LogP contribution < -0.4 is 16.0 Å². The van der Waals surface area contributed by atoms with Crippen molar-refractivity contribution < 1.29 is 13.6 Å². The number of halogens is 2. The third-order valence-electron chi connectivity index (χ3n) is 4.14. The number of carbonyl (C=O) groups is 1. The number of nitrogens with one attached hydrogen (secondary N) is 1. The first-order valence-electron chi connectivity index (χ1n) is 8.11. The van der Waals surface area contributed by atoms with Crippen molar-refractivity contribution >= 4 is 40.5 Å². The van der Waals surface area contributed by atoms with Gasteiger partial charge in [0.1, 0.15) is 11.3 Å². The molecule has 1 aliphatic heterocycles. The number of nitrogen functional groups attached to an aromatic ring is 1. The lowest BCUT2D eigenvalue weighted by atomic mass is 10.2. The van der Waals surface area contributed by atoms with Crippen LogP contribution in [0.5, 0.6) is 0 Å². The lowest BCUT2D eigenvalue weighted by molar-refractivity contribution is 0.102. The number of nitrogens with two attached hydrogens (primary N) is 1. The Morgan fingerprint density at radius 3 is 2.78 bits per heavy atom. The number of anilines is 3.